The SMILES string of the molecule is Cc1ccc2sc(N(CCCN3CCOCC3)C(=O)C3CCCN(S(=O)(=O)c4cccs4)C3)nc2c1C. The number of hydrogen-bond acceptors (Lipinski definition) is 8. The normalized spacial score (nSPS) is 19.9. The smallest absolute Gasteiger partial charge is 0.252 e. The lowest BCUT2D eigenvalue weighted by Gasteiger charge is -2.34. The Morgan fingerprint density at radius 2 is 2.00 bits per heavy atom. The molecular formula is C26H34N4O4S3. The molecule has 2 saturated heterocycles. The van der Waals surface area contributed by atoms with Crippen molar-refractivity contribution in [2.45, 2.75) is 37.3 Å². The van der Waals surface area contributed by atoms with Crippen LogP contribution in [0.3, 0.4) is 0 Å². The topological polar surface area (TPSA) is 83.0 Å². The van der Waals surface area contributed by atoms with Crippen molar-refractivity contribution in [3.8, 4) is 0 Å². The number of nitrogens with zero attached hydrogens (tertiary/aromatic N) is 4. The number of carbonyl (C=O) groups excluding carboxylic acids is 1. The second-order valence-corrected chi connectivity index (χ2v) is 13.9. The molecule has 0 radical (unpaired) electrons. The number of anilines is 1. The molecular weight excluding hydrogens is 529 g/mol. The molecule has 2 aliphatic heterocycles. The van der Waals surface area contributed by atoms with Crippen LogP contribution in [0.4, 0.5) is 5.13 Å². The van der Waals surface area contributed by atoms with Gasteiger partial charge in [-0.25, -0.2) is 13.4 Å². The molecule has 0 spiro atoms. The molecule has 1 amide bonds. The molecule has 1 aromatic carbocycles. The van der Waals surface area contributed by atoms with Crippen LogP contribution in [0.2, 0.25) is 0 Å². The number of ether oxygens (including phenoxy) is 1. The number of sulfonamides is 1. The zero-order valence-corrected chi connectivity index (χ0v) is 23.8. The number of thiophene rings is 1. The summed E-state index contributed by atoms with van der Waals surface area (Å²) in [6.45, 7) is 9.55. The van der Waals surface area contributed by atoms with Gasteiger partial charge in [0, 0.05) is 39.3 Å². The van der Waals surface area contributed by atoms with Gasteiger partial charge in [-0.3, -0.25) is 14.6 Å². The number of hydrogen-bond donors (Lipinski definition) is 0. The lowest BCUT2D eigenvalue weighted by Crippen LogP contribution is -2.47. The standard InChI is InChI=1S/C26H34N4O4S3/c1-19-8-9-22-24(20(19)2)27-26(36-22)30(12-5-10-28-13-15-34-16-14-28)25(31)21-6-3-11-29(18-21)37(32,33)23-7-4-17-35-23/h4,7-9,17,21H,3,5-6,10-16,18H2,1-2H3. The highest BCUT2D eigenvalue weighted by atomic mass is 32.2. The lowest BCUT2D eigenvalue weighted by atomic mass is 9.98. The molecule has 4 heterocycles. The van der Waals surface area contributed by atoms with Gasteiger partial charge in [0.1, 0.15) is 4.21 Å². The maximum absolute atomic E-state index is 14.0. The maximum Gasteiger partial charge on any atom is 0.252 e. The molecule has 1 unspecified atom stereocenters. The predicted molar refractivity (Wildman–Crippen MR) is 149 cm³/mol. The van der Waals surface area contributed by atoms with Gasteiger partial charge in [-0.2, -0.15) is 4.31 Å². The molecule has 1 atom stereocenters. The molecule has 8 nitrogen and oxygen atoms in total. The third kappa shape index (κ3) is 5.76. The average Bonchev–Trinajstić information content (AvgIpc) is 3.61. The molecule has 11 heteroatoms. The first-order chi connectivity index (χ1) is 17.8. The summed E-state index contributed by atoms with van der Waals surface area (Å²) in [7, 11) is -3.59. The van der Waals surface area contributed by atoms with E-state index in [1.165, 1.54) is 21.2 Å². The Balaban J connectivity index is 1.38. The van der Waals surface area contributed by atoms with E-state index in [1.54, 1.807) is 28.8 Å². The summed E-state index contributed by atoms with van der Waals surface area (Å²) in [4.78, 5) is 23.1. The number of fused-ring (bicyclic) bond motifs is 1. The molecule has 2 aliphatic rings. The van der Waals surface area contributed by atoms with Crippen LogP contribution >= 0.6 is 22.7 Å². The minimum atomic E-state index is -3.59. The number of benzene rings is 1. The van der Waals surface area contributed by atoms with E-state index in [-0.39, 0.29) is 18.4 Å². The fourth-order valence-corrected chi connectivity index (χ4v) is 8.75. The van der Waals surface area contributed by atoms with Crippen LogP contribution in [-0.2, 0) is 19.6 Å². The second kappa shape index (κ2) is 11.5. The van der Waals surface area contributed by atoms with Gasteiger partial charge in [0.05, 0.1) is 29.3 Å². The fourth-order valence-electron chi connectivity index (χ4n) is 5.03. The maximum atomic E-state index is 14.0. The van der Waals surface area contributed by atoms with E-state index in [2.05, 4.69) is 30.9 Å². The van der Waals surface area contributed by atoms with Crippen LogP contribution in [0.25, 0.3) is 10.2 Å². The first-order valence-electron chi connectivity index (χ1n) is 12.9. The number of aryl methyl sites for hydroxylation is 2. The summed E-state index contributed by atoms with van der Waals surface area (Å²) in [6.07, 6.45) is 2.17. The molecule has 37 heavy (non-hydrogen) atoms. The molecule has 5 rings (SSSR count). The number of aromatic nitrogens is 1. The van der Waals surface area contributed by atoms with Gasteiger partial charge in [-0.15, -0.1) is 11.3 Å². The van der Waals surface area contributed by atoms with Crippen LogP contribution in [0, 0.1) is 19.8 Å². The zero-order valence-electron chi connectivity index (χ0n) is 21.4. The molecule has 2 aromatic heterocycles. The van der Waals surface area contributed by atoms with Crippen LogP contribution in [-0.4, -0.2) is 81.0 Å². The number of amides is 1. The fraction of sp³-hybridized carbons (Fsp3) is 0.538. The number of rotatable bonds is 8. The Bertz CT molecular complexity index is 1330. The largest absolute Gasteiger partial charge is 0.379 e. The summed E-state index contributed by atoms with van der Waals surface area (Å²) in [5.74, 6) is -0.414. The van der Waals surface area contributed by atoms with E-state index in [1.807, 2.05) is 4.90 Å². The van der Waals surface area contributed by atoms with Gasteiger partial charge in [0.15, 0.2) is 5.13 Å². The number of carbonyl (C=O) groups is 1. The van der Waals surface area contributed by atoms with E-state index in [9.17, 15) is 13.2 Å². The Morgan fingerprint density at radius 1 is 1.19 bits per heavy atom. The first kappa shape index (κ1) is 26.7. The molecule has 200 valence electrons. The van der Waals surface area contributed by atoms with Crippen molar-refractivity contribution >= 4 is 54.0 Å². The van der Waals surface area contributed by atoms with Gasteiger partial charge < -0.3 is 4.74 Å². The zero-order chi connectivity index (χ0) is 26.0. The monoisotopic (exact) mass is 562 g/mol. The van der Waals surface area contributed by atoms with Crippen molar-refractivity contribution in [1.82, 2.24) is 14.2 Å². The van der Waals surface area contributed by atoms with Crippen LogP contribution in [0.1, 0.15) is 30.4 Å². The first-order valence-corrected chi connectivity index (χ1v) is 16.0. The second-order valence-electron chi connectivity index (χ2n) is 9.78. The summed E-state index contributed by atoms with van der Waals surface area (Å²) < 4.78 is 34.7. The van der Waals surface area contributed by atoms with Gasteiger partial charge >= 0.3 is 0 Å². The van der Waals surface area contributed by atoms with E-state index in [0.29, 0.717) is 35.3 Å². The van der Waals surface area contributed by atoms with E-state index < -0.39 is 10.0 Å². The van der Waals surface area contributed by atoms with Crippen molar-refractivity contribution in [3.63, 3.8) is 0 Å². The van der Waals surface area contributed by atoms with Crippen molar-refractivity contribution in [2.24, 2.45) is 5.92 Å². The molecule has 0 aliphatic carbocycles. The van der Waals surface area contributed by atoms with Crippen LogP contribution in [0.15, 0.2) is 33.9 Å². The summed E-state index contributed by atoms with van der Waals surface area (Å²) in [6, 6.07) is 7.55. The minimum Gasteiger partial charge on any atom is -0.379 e. The lowest BCUT2D eigenvalue weighted by molar-refractivity contribution is -0.123. The quantitative estimate of drug-likeness (QED) is 0.411. The van der Waals surface area contributed by atoms with Gasteiger partial charge in [0.25, 0.3) is 10.0 Å². The highest BCUT2D eigenvalue weighted by molar-refractivity contribution is 7.91. The van der Waals surface area contributed by atoms with E-state index in [0.717, 1.165) is 55.0 Å². The highest BCUT2D eigenvalue weighted by Gasteiger charge is 2.36. The third-order valence-electron chi connectivity index (χ3n) is 7.35. The van der Waals surface area contributed by atoms with Crippen molar-refractivity contribution in [1.29, 1.82) is 0 Å². The average molecular weight is 563 g/mol. The number of piperidine rings is 1. The summed E-state index contributed by atoms with van der Waals surface area (Å²) in [5, 5.41) is 2.47. The van der Waals surface area contributed by atoms with E-state index >= 15 is 0 Å². The molecule has 0 N–H and O–H groups in total. The summed E-state index contributed by atoms with van der Waals surface area (Å²) >= 11 is 2.76. The van der Waals surface area contributed by atoms with Gasteiger partial charge in [-0.1, -0.05) is 23.5 Å². The highest BCUT2D eigenvalue weighted by Crippen LogP contribution is 2.34. The van der Waals surface area contributed by atoms with Gasteiger partial charge in [-0.05, 0) is 61.7 Å². The predicted octanol–water partition coefficient (Wildman–Crippen LogP) is 4.13. The number of morpholine rings is 1. The number of thiazole rings is 1. The third-order valence-corrected chi connectivity index (χ3v) is 11.6. The Labute approximate surface area is 226 Å². The van der Waals surface area contributed by atoms with E-state index in [4.69, 9.17) is 9.72 Å². The molecule has 2 fully saturated rings. The molecule has 3 aromatic rings. The Hall–Kier alpha value is -1.89. The molecule has 0 bridgehead atoms. The Kier molecular flexibility index (Phi) is 8.28. The van der Waals surface area contributed by atoms with Crippen LogP contribution < -0.4 is 4.90 Å². The molecule has 0 saturated carbocycles. The summed E-state index contributed by atoms with van der Waals surface area (Å²) in [5.41, 5.74) is 3.25. The van der Waals surface area contributed by atoms with Crippen molar-refractivity contribution in [3.05, 3.63) is 40.8 Å². The van der Waals surface area contributed by atoms with Crippen molar-refractivity contribution in [2.75, 3.05) is 57.4 Å². The van der Waals surface area contributed by atoms with Crippen LogP contribution in [0.5, 0.6) is 0 Å². The van der Waals surface area contributed by atoms with Gasteiger partial charge in [0.2, 0.25) is 5.91 Å². The van der Waals surface area contributed by atoms with Crippen molar-refractivity contribution < 1.29 is 17.9 Å². The Morgan fingerprint density at radius 3 is 2.76 bits per heavy atom. The minimum absolute atomic E-state index is 0.0264.